The molecule has 0 saturated heterocycles. The molecule has 0 aliphatic carbocycles. The molecule has 0 atom stereocenters. The molecule has 0 radical (unpaired) electrons. The van der Waals surface area contributed by atoms with E-state index in [0.29, 0.717) is 0 Å². The molecule has 14 rings (SSSR count). The first-order valence-electron chi connectivity index (χ1n) is 21.1. The van der Waals surface area contributed by atoms with Crippen LogP contribution >= 0.6 is 22.7 Å². The Morgan fingerprint density at radius 3 is 1.48 bits per heavy atom. The van der Waals surface area contributed by atoms with Crippen molar-refractivity contribution < 1.29 is 0 Å². The fourth-order valence-electron chi connectivity index (χ4n) is 10.2. The van der Waals surface area contributed by atoms with Crippen LogP contribution in [0, 0.1) is 0 Å². The summed E-state index contributed by atoms with van der Waals surface area (Å²) < 4.78 is 7.49. The molecule has 288 valence electrons. The summed E-state index contributed by atoms with van der Waals surface area (Å²) >= 11 is 3.70. The van der Waals surface area contributed by atoms with Crippen molar-refractivity contribution in [2.24, 2.45) is 0 Å². The Balaban J connectivity index is 0.805. The van der Waals surface area contributed by atoms with E-state index < -0.39 is 0 Å². The van der Waals surface area contributed by atoms with E-state index in [1.165, 1.54) is 124 Å². The van der Waals surface area contributed by atoms with E-state index in [4.69, 9.17) is 0 Å². The third kappa shape index (κ3) is 4.96. The van der Waals surface area contributed by atoms with Gasteiger partial charge in [-0.2, -0.15) is 0 Å². The molecule has 0 aliphatic heterocycles. The molecule has 4 heteroatoms. The van der Waals surface area contributed by atoms with Gasteiger partial charge < -0.3 is 4.57 Å². The summed E-state index contributed by atoms with van der Waals surface area (Å²) in [5, 5.41) is 12.7. The van der Waals surface area contributed by atoms with Gasteiger partial charge in [-0.1, -0.05) is 121 Å². The van der Waals surface area contributed by atoms with Crippen LogP contribution in [0.5, 0.6) is 0 Å². The van der Waals surface area contributed by atoms with Crippen molar-refractivity contribution in [1.82, 2.24) is 8.97 Å². The van der Waals surface area contributed by atoms with Gasteiger partial charge in [0, 0.05) is 58.2 Å². The second kappa shape index (κ2) is 13.0. The lowest BCUT2D eigenvalue weighted by Crippen LogP contribution is -1.93. The van der Waals surface area contributed by atoms with Gasteiger partial charge in [-0.15, -0.1) is 22.7 Å². The molecule has 0 bridgehead atoms. The third-order valence-electron chi connectivity index (χ3n) is 13.2. The molecular formula is C58H34N2S2. The molecule has 0 aliphatic rings. The number of hydrogen-bond donors (Lipinski definition) is 0. The number of para-hydroxylation sites is 2. The molecule has 2 nitrogen and oxygen atoms in total. The van der Waals surface area contributed by atoms with Gasteiger partial charge in [0.25, 0.3) is 0 Å². The maximum Gasteiger partial charge on any atom is 0.108 e. The van der Waals surface area contributed by atoms with Crippen LogP contribution in [0.3, 0.4) is 0 Å². The number of rotatable bonds is 5. The summed E-state index contributed by atoms with van der Waals surface area (Å²) in [7, 11) is 0. The number of aromatic nitrogens is 2. The largest absolute Gasteiger partial charge is 0.309 e. The molecule has 5 aromatic heterocycles. The van der Waals surface area contributed by atoms with Crippen LogP contribution in [0.4, 0.5) is 0 Å². The normalized spacial score (nSPS) is 12.2. The minimum Gasteiger partial charge on any atom is -0.309 e. The molecule has 0 N–H and O–H groups in total. The minimum absolute atomic E-state index is 1.16. The van der Waals surface area contributed by atoms with Crippen molar-refractivity contribution in [3.8, 4) is 50.2 Å². The topological polar surface area (TPSA) is 9.34 Å². The Bertz CT molecular complexity index is 4070. The first-order chi connectivity index (χ1) is 30.7. The van der Waals surface area contributed by atoms with Crippen LogP contribution in [0.15, 0.2) is 206 Å². The number of hydrogen-bond acceptors (Lipinski definition) is 2. The monoisotopic (exact) mass is 822 g/mol. The maximum absolute atomic E-state index is 2.46. The minimum atomic E-state index is 1.16. The van der Waals surface area contributed by atoms with Gasteiger partial charge in [0.05, 0.1) is 22.1 Å². The zero-order valence-corrected chi connectivity index (χ0v) is 35.0. The smallest absolute Gasteiger partial charge is 0.108 e. The fraction of sp³-hybridized carbons (Fsp3) is 0. The van der Waals surface area contributed by atoms with Gasteiger partial charge >= 0.3 is 0 Å². The zero-order valence-electron chi connectivity index (χ0n) is 33.3. The molecule has 14 aromatic rings. The van der Waals surface area contributed by atoms with Gasteiger partial charge in [0.2, 0.25) is 0 Å². The average molecular weight is 823 g/mol. The predicted molar refractivity (Wildman–Crippen MR) is 268 cm³/mol. The Labute approximate surface area is 364 Å². The Hall–Kier alpha value is -7.50. The highest BCUT2D eigenvalue weighted by Crippen LogP contribution is 2.44. The van der Waals surface area contributed by atoms with Gasteiger partial charge in [-0.25, -0.2) is 0 Å². The van der Waals surface area contributed by atoms with Crippen molar-refractivity contribution >= 4 is 102 Å². The SMILES string of the molecule is c1ccc(-c2ccc3c(c2)c2ccccc2n3-c2ccc(-c3ccc4sc5ccc(-c6ccc(-c7cc8c9ccccc9n9c%10sccc%10c(c7)c89)cc6)cc5c4c3)cc2)cc1. The van der Waals surface area contributed by atoms with E-state index in [9.17, 15) is 0 Å². The van der Waals surface area contributed by atoms with E-state index >= 15 is 0 Å². The Morgan fingerprint density at radius 1 is 0.306 bits per heavy atom. The van der Waals surface area contributed by atoms with E-state index in [1.54, 1.807) is 0 Å². The molecular weight excluding hydrogens is 789 g/mol. The van der Waals surface area contributed by atoms with Crippen LogP contribution in [0.2, 0.25) is 0 Å². The lowest BCUT2D eigenvalue weighted by atomic mass is 9.96. The van der Waals surface area contributed by atoms with E-state index in [2.05, 4.69) is 215 Å². The first-order valence-corrected chi connectivity index (χ1v) is 22.8. The summed E-state index contributed by atoms with van der Waals surface area (Å²) in [6, 6.07) is 74.4. The molecule has 0 unspecified atom stereocenters. The molecule has 5 heterocycles. The lowest BCUT2D eigenvalue weighted by Gasteiger charge is -2.10. The molecule has 0 fully saturated rings. The van der Waals surface area contributed by atoms with E-state index in [0.717, 1.165) is 5.69 Å². The summed E-state index contributed by atoms with van der Waals surface area (Å²) in [6.45, 7) is 0. The van der Waals surface area contributed by atoms with Gasteiger partial charge in [0.15, 0.2) is 0 Å². The maximum atomic E-state index is 2.46. The molecule has 0 saturated carbocycles. The van der Waals surface area contributed by atoms with Crippen molar-refractivity contribution in [2.75, 3.05) is 0 Å². The van der Waals surface area contributed by atoms with Gasteiger partial charge in [-0.05, 0) is 129 Å². The molecule has 0 spiro atoms. The second-order valence-corrected chi connectivity index (χ2v) is 18.5. The van der Waals surface area contributed by atoms with Crippen LogP contribution in [-0.2, 0) is 0 Å². The number of fused-ring (bicyclic) bond motifs is 12. The average Bonchev–Trinajstić information content (AvgIpc) is 4.16. The Kier molecular flexibility index (Phi) is 7.18. The van der Waals surface area contributed by atoms with Crippen molar-refractivity contribution in [3.05, 3.63) is 206 Å². The second-order valence-electron chi connectivity index (χ2n) is 16.5. The fourth-order valence-corrected chi connectivity index (χ4v) is 12.2. The van der Waals surface area contributed by atoms with Crippen molar-refractivity contribution in [3.63, 3.8) is 0 Å². The molecule has 9 aromatic carbocycles. The van der Waals surface area contributed by atoms with Gasteiger partial charge in [-0.3, -0.25) is 4.40 Å². The Morgan fingerprint density at radius 2 is 0.790 bits per heavy atom. The highest BCUT2D eigenvalue weighted by Gasteiger charge is 2.20. The molecule has 62 heavy (non-hydrogen) atoms. The van der Waals surface area contributed by atoms with E-state index in [1.807, 2.05) is 22.7 Å². The zero-order chi connectivity index (χ0) is 40.5. The van der Waals surface area contributed by atoms with Crippen molar-refractivity contribution in [2.45, 2.75) is 0 Å². The standard InChI is InChI=1S/C58H34N2S2/c1-2-8-35(9-3-1)39-20-25-54-47(30-39)44-10-4-6-12-52(44)59(54)43-23-18-37(19-24-43)41-22-27-56-49(32-41)48-31-40(21-26-55(48)62-56)36-14-16-38(17-15-36)42-33-50-45-11-5-7-13-53(45)60-57(50)51(34-42)46-28-29-61-58(46)60/h1-34H. The van der Waals surface area contributed by atoms with Crippen molar-refractivity contribution in [1.29, 1.82) is 0 Å². The highest BCUT2D eigenvalue weighted by molar-refractivity contribution is 7.25. The number of thiophene rings is 2. The quantitative estimate of drug-likeness (QED) is 0.164. The van der Waals surface area contributed by atoms with Crippen LogP contribution in [-0.4, -0.2) is 8.97 Å². The van der Waals surface area contributed by atoms with Crippen LogP contribution in [0.1, 0.15) is 0 Å². The molecule has 0 amide bonds. The number of nitrogens with zero attached hydrogens (tertiary/aromatic N) is 2. The summed E-state index contributed by atoms with van der Waals surface area (Å²) in [4.78, 5) is 1.33. The first kappa shape index (κ1) is 34.2. The highest BCUT2D eigenvalue weighted by atomic mass is 32.1. The summed E-state index contributed by atoms with van der Waals surface area (Å²) in [5.74, 6) is 0. The predicted octanol–water partition coefficient (Wildman–Crippen LogP) is 17.0. The van der Waals surface area contributed by atoms with Crippen LogP contribution < -0.4 is 0 Å². The number of benzene rings is 9. The lowest BCUT2D eigenvalue weighted by molar-refractivity contribution is 1.18. The van der Waals surface area contributed by atoms with Gasteiger partial charge in [0.1, 0.15) is 4.83 Å². The summed E-state index contributed by atoms with van der Waals surface area (Å²) in [5.41, 5.74) is 16.1. The van der Waals surface area contributed by atoms with Crippen LogP contribution in [0.25, 0.3) is 130 Å². The third-order valence-corrected chi connectivity index (χ3v) is 15.2. The summed E-state index contributed by atoms with van der Waals surface area (Å²) in [6.07, 6.45) is 0. The van der Waals surface area contributed by atoms with E-state index in [-0.39, 0.29) is 0 Å².